The molecule has 0 radical (unpaired) electrons. The highest BCUT2D eigenvalue weighted by molar-refractivity contribution is 5.42. The van der Waals surface area contributed by atoms with E-state index in [-0.39, 0.29) is 18.5 Å². The van der Waals surface area contributed by atoms with Crippen LogP contribution in [0.1, 0.15) is 25.7 Å². The maximum absolute atomic E-state index is 13.6. The van der Waals surface area contributed by atoms with Gasteiger partial charge in [0.05, 0.1) is 6.20 Å². The smallest absolute Gasteiger partial charge is 0.168 e. The Hall–Kier alpha value is -1.23. The quantitative estimate of drug-likeness (QED) is 0.878. The van der Waals surface area contributed by atoms with Crippen LogP contribution in [0.4, 0.5) is 14.6 Å². The summed E-state index contributed by atoms with van der Waals surface area (Å²) in [5.41, 5.74) is 0. The molecule has 1 N–H and O–H groups in total. The second-order valence-corrected chi connectivity index (χ2v) is 4.31. The third-order valence-corrected chi connectivity index (χ3v) is 3.13. The van der Waals surface area contributed by atoms with Crippen LogP contribution in [-0.4, -0.2) is 29.3 Å². The number of aromatic nitrogens is 1. The Morgan fingerprint density at radius 3 is 3.00 bits per heavy atom. The molecule has 1 aliphatic heterocycles. The predicted molar refractivity (Wildman–Crippen MR) is 60.8 cm³/mol. The van der Waals surface area contributed by atoms with E-state index in [4.69, 9.17) is 5.11 Å². The molecule has 1 unspecified atom stereocenters. The molecule has 0 amide bonds. The number of anilines is 1. The van der Waals surface area contributed by atoms with E-state index in [1.165, 1.54) is 0 Å². The summed E-state index contributed by atoms with van der Waals surface area (Å²) in [7, 11) is 0. The average molecular weight is 242 g/mol. The molecule has 1 fully saturated rings. The van der Waals surface area contributed by atoms with Crippen molar-refractivity contribution in [3.8, 4) is 0 Å². The number of aliphatic hydroxyl groups is 1. The molecule has 94 valence electrons. The predicted octanol–water partition coefficient (Wildman–Crippen LogP) is 2.10. The van der Waals surface area contributed by atoms with Crippen LogP contribution in [0.15, 0.2) is 12.3 Å². The van der Waals surface area contributed by atoms with E-state index in [0.29, 0.717) is 6.42 Å². The lowest BCUT2D eigenvalue weighted by Gasteiger charge is -2.25. The van der Waals surface area contributed by atoms with Gasteiger partial charge in [0.25, 0.3) is 0 Å². The minimum atomic E-state index is -0.655. The van der Waals surface area contributed by atoms with E-state index in [0.717, 1.165) is 38.1 Å². The lowest BCUT2D eigenvalue weighted by atomic mass is 10.1. The molecule has 2 rings (SSSR count). The number of nitrogens with zero attached hydrogens (tertiary/aromatic N) is 2. The van der Waals surface area contributed by atoms with Gasteiger partial charge in [0.1, 0.15) is 5.82 Å². The molecular formula is C12H16F2N2O. The fourth-order valence-corrected chi connectivity index (χ4v) is 2.36. The van der Waals surface area contributed by atoms with Gasteiger partial charge >= 0.3 is 0 Å². The van der Waals surface area contributed by atoms with Crippen LogP contribution in [0.2, 0.25) is 0 Å². The summed E-state index contributed by atoms with van der Waals surface area (Å²) in [5, 5.41) is 8.82. The standard InChI is InChI=1S/C12H16F2N2O/c13-9-7-11(14)12(15-8-9)16-5-1-3-10(16)4-2-6-17/h7-8,10,17H,1-6H2. The summed E-state index contributed by atoms with van der Waals surface area (Å²) < 4.78 is 26.4. The van der Waals surface area contributed by atoms with E-state index < -0.39 is 11.6 Å². The first kappa shape index (κ1) is 12.2. The molecule has 0 aliphatic carbocycles. The van der Waals surface area contributed by atoms with Gasteiger partial charge in [-0.2, -0.15) is 0 Å². The minimum absolute atomic E-state index is 0.143. The monoisotopic (exact) mass is 242 g/mol. The topological polar surface area (TPSA) is 36.4 Å². The Labute approximate surface area is 99.1 Å². The zero-order chi connectivity index (χ0) is 12.3. The fraction of sp³-hybridized carbons (Fsp3) is 0.583. The molecule has 0 bridgehead atoms. The van der Waals surface area contributed by atoms with E-state index in [9.17, 15) is 8.78 Å². The summed E-state index contributed by atoms with van der Waals surface area (Å²) in [6.07, 6.45) is 4.51. The van der Waals surface area contributed by atoms with Crippen molar-refractivity contribution < 1.29 is 13.9 Å². The molecule has 0 saturated carbocycles. The molecule has 5 heteroatoms. The number of hydrogen-bond acceptors (Lipinski definition) is 3. The molecule has 0 spiro atoms. The summed E-state index contributed by atoms with van der Waals surface area (Å²) in [4.78, 5) is 5.71. The van der Waals surface area contributed by atoms with Crippen molar-refractivity contribution in [1.82, 2.24) is 4.98 Å². The zero-order valence-electron chi connectivity index (χ0n) is 9.57. The molecule has 1 aromatic heterocycles. The van der Waals surface area contributed by atoms with Crippen LogP contribution in [0.5, 0.6) is 0 Å². The van der Waals surface area contributed by atoms with Crippen LogP contribution < -0.4 is 4.90 Å². The average Bonchev–Trinajstić information content (AvgIpc) is 2.74. The van der Waals surface area contributed by atoms with Crippen molar-refractivity contribution in [3.63, 3.8) is 0 Å². The maximum atomic E-state index is 13.6. The Kier molecular flexibility index (Phi) is 3.89. The molecular weight excluding hydrogens is 226 g/mol. The molecule has 1 saturated heterocycles. The maximum Gasteiger partial charge on any atom is 0.168 e. The van der Waals surface area contributed by atoms with Crippen LogP contribution in [0.25, 0.3) is 0 Å². The van der Waals surface area contributed by atoms with Gasteiger partial charge in [-0.1, -0.05) is 0 Å². The zero-order valence-corrected chi connectivity index (χ0v) is 9.57. The van der Waals surface area contributed by atoms with Crippen LogP contribution in [0.3, 0.4) is 0 Å². The van der Waals surface area contributed by atoms with Gasteiger partial charge in [-0.15, -0.1) is 0 Å². The highest BCUT2D eigenvalue weighted by Gasteiger charge is 2.27. The first-order chi connectivity index (χ1) is 8.22. The van der Waals surface area contributed by atoms with E-state index >= 15 is 0 Å². The van der Waals surface area contributed by atoms with Gasteiger partial charge in [0.15, 0.2) is 11.6 Å². The van der Waals surface area contributed by atoms with Crippen molar-refractivity contribution in [3.05, 3.63) is 23.9 Å². The lowest BCUT2D eigenvalue weighted by Crippen LogP contribution is -2.31. The molecule has 3 nitrogen and oxygen atoms in total. The number of halogens is 2. The summed E-state index contributed by atoms with van der Waals surface area (Å²) in [6, 6.07) is 1.07. The SMILES string of the molecule is OCCCC1CCCN1c1ncc(F)cc1F. The number of hydrogen-bond donors (Lipinski definition) is 1. The Bertz CT molecular complexity index is 387. The van der Waals surface area contributed by atoms with Gasteiger partial charge in [-0.25, -0.2) is 13.8 Å². The van der Waals surface area contributed by atoms with Gasteiger partial charge < -0.3 is 10.0 Å². The highest BCUT2D eigenvalue weighted by atomic mass is 19.1. The minimum Gasteiger partial charge on any atom is -0.396 e. The summed E-state index contributed by atoms with van der Waals surface area (Å²) in [6.45, 7) is 0.884. The Morgan fingerprint density at radius 1 is 1.47 bits per heavy atom. The Balaban J connectivity index is 2.14. The largest absolute Gasteiger partial charge is 0.396 e. The molecule has 1 atom stereocenters. The van der Waals surface area contributed by atoms with Gasteiger partial charge in [-0.3, -0.25) is 0 Å². The van der Waals surface area contributed by atoms with Crippen LogP contribution in [-0.2, 0) is 0 Å². The number of rotatable bonds is 4. The van der Waals surface area contributed by atoms with E-state index in [2.05, 4.69) is 4.98 Å². The van der Waals surface area contributed by atoms with Crippen LogP contribution >= 0.6 is 0 Å². The highest BCUT2D eigenvalue weighted by Crippen LogP contribution is 2.28. The summed E-state index contributed by atoms with van der Waals surface area (Å²) in [5.74, 6) is -1.04. The van der Waals surface area contributed by atoms with Gasteiger partial charge in [-0.05, 0) is 25.7 Å². The van der Waals surface area contributed by atoms with Crippen LogP contribution in [0, 0.1) is 11.6 Å². The van der Waals surface area contributed by atoms with Crippen molar-refractivity contribution in [2.75, 3.05) is 18.1 Å². The van der Waals surface area contributed by atoms with E-state index in [1.54, 1.807) is 0 Å². The van der Waals surface area contributed by atoms with Gasteiger partial charge in [0, 0.05) is 25.3 Å². The number of aliphatic hydroxyl groups excluding tert-OH is 1. The molecule has 2 heterocycles. The lowest BCUT2D eigenvalue weighted by molar-refractivity contribution is 0.279. The molecule has 1 aromatic rings. The normalized spacial score (nSPS) is 19.9. The third kappa shape index (κ3) is 2.72. The summed E-state index contributed by atoms with van der Waals surface area (Å²) >= 11 is 0. The van der Waals surface area contributed by atoms with E-state index in [1.807, 2.05) is 4.90 Å². The van der Waals surface area contributed by atoms with Crippen molar-refractivity contribution in [2.24, 2.45) is 0 Å². The first-order valence-corrected chi connectivity index (χ1v) is 5.91. The second-order valence-electron chi connectivity index (χ2n) is 4.31. The molecule has 0 aromatic carbocycles. The number of pyridine rings is 1. The van der Waals surface area contributed by atoms with Crippen molar-refractivity contribution in [2.45, 2.75) is 31.7 Å². The second kappa shape index (κ2) is 5.40. The fourth-order valence-electron chi connectivity index (χ4n) is 2.36. The third-order valence-electron chi connectivity index (χ3n) is 3.13. The van der Waals surface area contributed by atoms with Crippen molar-refractivity contribution >= 4 is 5.82 Å². The van der Waals surface area contributed by atoms with Gasteiger partial charge in [0.2, 0.25) is 0 Å². The molecule has 1 aliphatic rings. The molecule has 17 heavy (non-hydrogen) atoms. The first-order valence-electron chi connectivity index (χ1n) is 5.91. The Morgan fingerprint density at radius 2 is 2.29 bits per heavy atom. The van der Waals surface area contributed by atoms with Crippen molar-refractivity contribution in [1.29, 1.82) is 0 Å².